The van der Waals surface area contributed by atoms with Crippen LogP contribution in [0.4, 0.5) is 0 Å². The predicted octanol–water partition coefficient (Wildman–Crippen LogP) is -1.01. The van der Waals surface area contributed by atoms with Gasteiger partial charge in [-0.05, 0) is 0 Å². The minimum atomic E-state index is 0.617. The molecule has 0 aliphatic carbocycles. The molecule has 1 fully saturated rings. The predicted molar refractivity (Wildman–Crippen MR) is 46.7 cm³/mol. The van der Waals surface area contributed by atoms with Crippen molar-refractivity contribution in [2.24, 2.45) is 10.2 Å². The minimum absolute atomic E-state index is 0.617. The number of hydrogen-bond donors (Lipinski definition) is 2. The first kappa shape index (κ1) is 6.76. The van der Waals surface area contributed by atoms with E-state index in [0.717, 1.165) is 18.1 Å². The highest BCUT2D eigenvalue weighted by molar-refractivity contribution is 6.06. The molecule has 6 heteroatoms. The van der Waals surface area contributed by atoms with Gasteiger partial charge in [0.2, 0.25) is 0 Å². The number of amidine groups is 1. The van der Waals surface area contributed by atoms with Gasteiger partial charge in [-0.2, -0.15) is 5.10 Å². The second kappa shape index (κ2) is 2.38. The molecular weight excluding hydrogens is 170 g/mol. The summed E-state index contributed by atoms with van der Waals surface area (Å²) in [6.45, 7) is 2.11. The molecule has 0 unspecified atom stereocenters. The summed E-state index contributed by atoms with van der Waals surface area (Å²) in [5.74, 6) is 1.49. The summed E-state index contributed by atoms with van der Waals surface area (Å²) < 4.78 is 5.38. The molecule has 3 rings (SSSR count). The van der Waals surface area contributed by atoms with Gasteiger partial charge in [-0.25, -0.2) is 5.01 Å². The van der Waals surface area contributed by atoms with Crippen LogP contribution in [0.1, 0.15) is 0 Å². The summed E-state index contributed by atoms with van der Waals surface area (Å²) in [6.07, 6.45) is 1.93. The monoisotopic (exact) mass is 179 g/mol. The van der Waals surface area contributed by atoms with Crippen LogP contribution in [0, 0.1) is 0 Å². The molecule has 0 aromatic heterocycles. The fourth-order valence-electron chi connectivity index (χ4n) is 1.44. The normalized spacial score (nSPS) is 24.0. The molecule has 3 aliphatic heterocycles. The van der Waals surface area contributed by atoms with Crippen molar-refractivity contribution in [3.8, 4) is 0 Å². The molecule has 13 heavy (non-hydrogen) atoms. The maximum atomic E-state index is 5.38. The Kier molecular flexibility index (Phi) is 1.24. The summed E-state index contributed by atoms with van der Waals surface area (Å²) in [6, 6.07) is 0. The quantitative estimate of drug-likeness (QED) is 0.500. The van der Waals surface area contributed by atoms with Crippen LogP contribution in [-0.2, 0) is 4.74 Å². The topological polar surface area (TPSA) is 61.2 Å². The van der Waals surface area contributed by atoms with Crippen molar-refractivity contribution in [3.05, 3.63) is 11.8 Å². The summed E-state index contributed by atoms with van der Waals surface area (Å²) in [7, 11) is 0. The lowest BCUT2D eigenvalue weighted by atomic mass is 10.3. The van der Waals surface area contributed by atoms with Crippen molar-refractivity contribution in [3.63, 3.8) is 0 Å². The van der Waals surface area contributed by atoms with E-state index in [4.69, 9.17) is 4.74 Å². The Balaban J connectivity index is 1.98. The highest BCUT2D eigenvalue weighted by atomic mass is 16.5. The Morgan fingerprint density at radius 1 is 1.54 bits per heavy atom. The van der Waals surface area contributed by atoms with Gasteiger partial charge in [-0.15, -0.1) is 5.10 Å². The molecular formula is C7H9N5O. The van der Waals surface area contributed by atoms with Crippen molar-refractivity contribution >= 4 is 11.7 Å². The van der Waals surface area contributed by atoms with Crippen molar-refractivity contribution in [2.75, 3.05) is 19.8 Å². The summed E-state index contributed by atoms with van der Waals surface area (Å²) in [4.78, 5) is 0. The molecule has 6 nitrogen and oxygen atoms in total. The molecule has 2 N–H and O–H groups in total. The Labute approximate surface area is 74.9 Å². The summed E-state index contributed by atoms with van der Waals surface area (Å²) in [5.41, 5.74) is 3.77. The SMILES string of the molecule is C1=C2NCCOC2=NN2CNN=C12. The average Bonchev–Trinajstić information content (AvgIpc) is 2.61. The number of nitrogens with one attached hydrogen (secondary N) is 2. The number of nitrogens with zero attached hydrogens (tertiary/aromatic N) is 3. The number of rotatable bonds is 0. The molecule has 0 saturated carbocycles. The van der Waals surface area contributed by atoms with E-state index in [1.165, 1.54) is 0 Å². The molecule has 3 heterocycles. The number of ether oxygens (including phenoxy) is 1. The smallest absolute Gasteiger partial charge is 0.255 e. The van der Waals surface area contributed by atoms with E-state index in [2.05, 4.69) is 20.9 Å². The van der Waals surface area contributed by atoms with E-state index in [9.17, 15) is 0 Å². The molecule has 0 aromatic carbocycles. The second-order valence-electron chi connectivity index (χ2n) is 2.92. The van der Waals surface area contributed by atoms with Crippen LogP contribution in [0.15, 0.2) is 22.0 Å². The lowest BCUT2D eigenvalue weighted by molar-refractivity contribution is 0.271. The van der Waals surface area contributed by atoms with Crippen molar-refractivity contribution in [2.45, 2.75) is 0 Å². The Hall–Kier alpha value is -1.72. The number of morpholine rings is 1. The third-order valence-electron chi connectivity index (χ3n) is 2.05. The first-order valence-corrected chi connectivity index (χ1v) is 4.19. The zero-order valence-corrected chi connectivity index (χ0v) is 6.95. The van der Waals surface area contributed by atoms with Gasteiger partial charge in [0.25, 0.3) is 5.90 Å². The zero-order chi connectivity index (χ0) is 8.67. The van der Waals surface area contributed by atoms with E-state index in [0.29, 0.717) is 19.2 Å². The van der Waals surface area contributed by atoms with Gasteiger partial charge in [0.1, 0.15) is 19.0 Å². The summed E-state index contributed by atoms with van der Waals surface area (Å²) >= 11 is 0. The molecule has 0 radical (unpaired) electrons. The van der Waals surface area contributed by atoms with Gasteiger partial charge in [0.15, 0.2) is 5.84 Å². The van der Waals surface area contributed by atoms with Crippen molar-refractivity contribution in [1.29, 1.82) is 0 Å². The van der Waals surface area contributed by atoms with E-state index in [1.54, 1.807) is 5.01 Å². The third-order valence-corrected chi connectivity index (χ3v) is 2.05. The standard InChI is InChI=1S/C7H9N5O/c1-2-13-7-5(8-1)3-6-10-9-4-12(6)11-7/h3,8-9H,1-2,4H2. The van der Waals surface area contributed by atoms with Crippen LogP contribution in [0.25, 0.3) is 0 Å². The second-order valence-corrected chi connectivity index (χ2v) is 2.92. The first-order chi connectivity index (χ1) is 6.43. The van der Waals surface area contributed by atoms with Crippen LogP contribution in [0.3, 0.4) is 0 Å². The van der Waals surface area contributed by atoms with Crippen LogP contribution in [0.2, 0.25) is 0 Å². The van der Waals surface area contributed by atoms with Crippen LogP contribution >= 0.6 is 0 Å². The van der Waals surface area contributed by atoms with Gasteiger partial charge in [0.05, 0.1) is 0 Å². The lowest BCUT2D eigenvalue weighted by Crippen LogP contribution is -2.39. The van der Waals surface area contributed by atoms with Crippen LogP contribution in [0.5, 0.6) is 0 Å². The van der Waals surface area contributed by atoms with Gasteiger partial charge >= 0.3 is 0 Å². The Bertz CT molecular complexity index is 332. The molecule has 1 saturated heterocycles. The third kappa shape index (κ3) is 0.947. The van der Waals surface area contributed by atoms with Gasteiger partial charge < -0.3 is 10.1 Å². The maximum Gasteiger partial charge on any atom is 0.255 e. The number of hydrogen-bond acceptors (Lipinski definition) is 6. The summed E-state index contributed by atoms with van der Waals surface area (Å²) in [5, 5.41) is 13.3. The first-order valence-electron chi connectivity index (χ1n) is 4.19. The van der Waals surface area contributed by atoms with E-state index in [-0.39, 0.29) is 0 Å². The fourth-order valence-corrected chi connectivity index (χ4v) is 1.44. The molecule has 3 aliphatic rings. The minimum Gasteiger partial charge on any atom is -0.473 e. The maximum absolute atomic E-state index is 5.38. The highest BCUT2D eigenvalue weighted by Gasteiger charge is 2.25. The molecule has 0 amide bonds. The molecule has 0 atom stereocenters. The van der Waals surface area contributed by atoms with E-state index >= 15 is 0 Å². The van der Waals surface area contributed by atoms with Gasteiger partial charge in [-0.1, -0.05) is 0 Å². The van der Waals surface area contributed by atoms with E-state index in [1.807, 2.05) is 6.08 Å². The number of hydrazone groups is 2. The lowest BCUT2D eigenvalue weighted by Gasteiger charge is -2.25. The average molecular weight is 179 g/mol. The van der Waals surface area contributed by atoms with Gasteiger partial charge in [-0.3, -0.25) is 5.43 Å². The van der Waals surface area contributed by atoms with E-state index < -0.39 is 0 Å². The molecule has 0 aromatic rings. The van der Waals surface area contributed by atoms with Crippen molar-refractivity contribution in [1.82, 2.24) is 15.8 Å². The number of fused-ring (bicyclic) bond motifs is 2. The zero-order valence-electron chi connectivity index (χ0n) is 6.95. The Morgan fingerprint density at radius 3 is 3.54 bits per heavy atom. The van der Waals surface area contributed by atoms with Gasteiger partial charge in [0, 0.05) is 12.6 Å². The Morgan fingerprint density at radius 2 is 2.54 bits per heavy atom. The highest BCUT2D eigenvalue weighted by Crippen LogP contribution is 2.13. The largest absolute Gasteiger partial charge is 0.473 e. The molecule has 0 spiro atoms. The molecule has 0 bridgehead atoms. The van der Waals surface area contributed by atoms with Crippen LogP contribution in [-0.4, -0.2) is 36.6 Å². The van der Waals surface area contributed by atoms with Crippen LogP contribution < -0.4 is 10.7 Å². The van der Waals surface area contributed by atoms with Crippen molar-refractivity contribution < 1.29 is 4.74 Å². The molecule has 68 valence electrons. The fraction of sp³-hybridized carbons (Fsp3) is 0.429.